The molecular formula is C15H19N3O2S. The van der Waals surface area contributed by atoms with Gasteiger partial charge in [0.2, 0.25) is 11.8 Å². The maximum atomic E-state index is 12.0. The molecule has 1 fully saturated rings. The molecule has 0 bridgehead atoms. The Hall–Kier alpha value is -1.95. The molecule has 5 nitrogen and oxygen atoms in total. The first-order valence-corrected chi connectivity index (χ1v) is 7.45. The second-order valence-electron chi connectivity index (χ2n) is 5.05. The number of piperidine rings is 1. The van der Waals surface area contributed by atoms with Crippen molar-refractivity contribution in [2.45, 2.75) is 25.7 Å². The van der Waals surface area contributed by atoms with E-state index in [1.807, 2.05) is 12.1 Å². The number of thiocarbonyl (C=S) groups is 1. The Morgan fingerprint density at radius 1 is 1.33 bits per heavy atom. The van der Waals surface area contributed by atoms with Gasteiger partial charge in [-0.1, -0.05) is 24.4 Å². The maximum absolute atomic E-state index is 12.0. The third-order valence-corrected chi connectivity index (χ3v) is 3.72. The number of hydrogen-bond acceptors (Lipinski definition) is 3. The van der Waals surface area contributed by atoms with Crippen molar-refractivity contribution < 1.29 is 9.59 Å². The van der Waals surface area contributed by atoms with Gasteiger partial charge in [-0.2, -0.15) is 0 Å². The van der Waals surface area contributed by atoms with E-state index in [9.17, 15) is 9.59 Å². The van der Waals surface area contributed by atoms with Crippen LogP contribution >= 0.6 is 12.2 Å². The highest BCUT2D eigenvalue weighted by atomic mass is 32.1. The van der Waals surface area contributed by atoms with E-state index in [-0.39, 0.29) is 23.2 Å². The summed E-state index contributed by atoms with van der Waals surface area (Å²) in [6.45, 7) is 1.20. The van der Waals surface area contributed by atoms with Crippen molar-refractivity contribution in [1.29, 1.82) is 0 Å². The predicted octanol–water partition coefficient (Wildman–Crippen LogP) is 1.66. The van der Waals surface area contributed by atoms with E-state index >= 15 is 0 Å². The van der Waals surface area contributed by atoms with E-state index in [2.05, 4.69) is 5.32 Å². The van der Waals surface area contributed by atoms with Crippen molar-refractivity contribution >= 4 is 34.7 Å². The molecule has 1 aromatic rings. The number of nitrogens with one attached hydrogen (secondary N) is 1. The van der Waals surface area contributed by atoms with Crippen LogP contribution in [0.3, 0.4) is 0 Å². The first-order valence-electron chi connectivity index (χ1n) is 7.04. The van der Waals surface area contributed by atoms with Crippen LogP contribution in [0.4, 0.5) is 5.69 Å². The minimum atomic E-state index is -0.142. The molecule has 2 amide bonds. The van der Waals surface area contributed by atoms with E-state index in [0.29, 0.717) is 24.2 Å². The van der Waals surface area contributed by atoms with Crippen molar-refractivity contribution in [3.8, 4) is 0 Å². The van der Waals surface area contributed by atoms with E-state index in [4.69, 9.17) is 18.0 Å². The number of para-hydroxylation sites is 1. The van der Waals surface area contributed by atoms with Crippen molar-refractivity contribution in [2.75, 3.05) is 18.4 Å². The lowest BCUT2D eigenvalue weighted by Gasteiger charge is -2.26. The number of nitrogens with two attached hydrogens (primary N) is 1. The SMILES string of the molecule is NC(=S)c1ccccc1NC(=O)CCN1CCCCC1=O. The number of anilines is 1. The fourth-order valence-corrected chi connectivity index (χ4v) is 2.53. The third kappa shape index (κ3) is 4.26. The highest BCUT2D eigenvalue weighted by molar-refractivity contribution is 7.80. The van der Waals surface area contributed by atoms with Gasteiger partial charge in [-0.3, -0.25) is 9.59 Å². The molecule has 0 aromatic heterocycles. The van der Waals surface area contributed by atoms with Crippen LogP contribution in [0.15, 0.2) is 24.3 Å². The minimum absolute atomic E-state index is 0.137. The molecule has 21 heavy (non-hydrogen) atoms. The van der Waals surface area contributed by atoms with Crippen molar-refractivity contribution in [3.05, 3.63) is 29.8 Å². The highest BCUT2D eigenvalue weighted by Crippen LogP contribution is 2.15. The predicted molar refractivity (Wildman–Crippen MR) is 86.0 cm³/mol. The molecule has 112 valence electrons. The number of rotatable bonds is 5. The number of carbonyl (C=O) groups is 2. The largest absolute Gasteiger partial charge is 0.389 e. The molecule has 6 heteroatoms. The average molecular weight is 305 g/mol. The Balaban J connectivity index is 1.90. The molecule has 0 atom stereocenters. The zero-order valence-corrected chi connectivity index (χ0v) is 12.6. The topological polar surface area (TPSA) is 75.4 Å². The fraction of sp³-hybridized carbons (Fsp3) is 0.400. The summed E-state index contributed by atoms with van der Waals surface area (Å²) in [6, 6.07) is 7.16. The van der Waals surface area contributed by atoms with Gasteiger partial charge >= 0.3 is 0 Å². The second-order valence-corrected chi connectivity index (χ2v) is 5.49. The first-order chi connectivity index (χ1) is 10.1. The summed E-state index contributed by atoms with van der Waals surface area (Å²) in [5, 5.41) is 2.80. The van der Waals surface area contributed by atoms with Crippen molar-refractivity contribution in [2.24, 2.45) is 5.73 Å². The summed E-state index contributed by atoms with van der Waals surface area (Å²) in [7, 11) is 0. The Morgan fingerprint density at radius 3 is 2.81 bits per heavy atom. The van der Waals surface area contributed by atoms with Crippen LogP contribution in [-0.4, -0.2) is 34.8 Å². The van der Waals surface area contributed by atoms with Crippen molar-refractivity contribution in [3.63, 3.8) is 0 Å². The monoisotopic (exact) mass is 305 g/mol. The van der Waals surface area contributed by atoms with E-state index in [1.54, 1.807) is 17.0 Å². The van der Waals surface area contributed by atoms with Gasteiger partial charge < -0.3 is 16.0 Å². The lowest BCUT2D eigenvalue weighted by atomic mass is 10.1. The standard InChI is InChI=1S/C15H19N3O2S/c16-15(21)11-5-1-2-6-12(11)17-13(19)8-10-18-9-4-3-7-14(18)20/h1-2,5-6H,3-4,7-10H2,(H2,16,21)(H,17,19). The lowest BCUT2D eigenvalue weighted by molar-refractivity contribution is -0.133. The normalized spacial score (nSPS) is 14.9. The Labute approximate surface area is 129 Å². The van der Waals surface area contributed by atoms with Crippen LogP contribution < -0.4 is 11.1 Å². The summed E-state index contributed by atoms with van der Waals surface area (Å²) < 4.78 is 0. The van der Waals surface area contributed by atoms with E-state index < -0.39 is 0 Å². The van der Waals surface area contributed by atoms with Crippen LogP contribution in [0.1, 0.15) is 31.2 Å². The average Bonchev–Trinajstić information content (AvgIpc) is 2.47. The van der Waals surface area contributed by atoms with Crippen LogP contribution in [0.5, 0.6) is 0 Å². The summed E-state index contributed by atoms with van der Waals surface area (Å²) in [5.74, 6) is -0.00494. The molecule has 1 aliphatic heterocycles. The van der Waals surface area contributed by atoms with Gasteiger partial charge in [-0.25, -0.2) is 0 Å². The summed E-state index contributed by atoms with van der Waals surface area (Å²) >= 11 is 4.96. The molecule has 0 radical (unpaired) electrons. The van der Waals surface area contributed by atoms with Crippen LogP contribution in [0, 0.1) is 0 Å². The minimum Gasteiger partial charge on any atom is -0.389 e. The Kier molecular flexibility index (Phi) is 5.27. The van der Waals surface area contributed by atoms with Gasteiger partial charge in [0.25, 0.3) is 0 Å². The van der Waals surface area contributed by atoms with Crippen molar-refractivity contribution in [1.82, 2.24) is 4.90 Å². The number of nitrogens with zero attached hydrogens (tertiary/aromatic N) is 1. The molecule has 0 saturated carbocycles. The molecule has 1 aromatic carbocycles. The molecule has 1 aliphatic rings. The quantitative estimate of drug-likeness (QED) is 0.811. The zero-order valence-electron chi connectivity index (χ0n) is 11.8. The van der Waals surface area contributed by atoms with E-state index in [1.165, 1.54) is 0 Å². The number of benzene rings is 1. The van der Waals surface area contributed by atoms with Crippen LogP contribution in [-0.2, 0) is 9.59 Å². The molecule has 3 N–H and O–H groups in total. The molecule has 1 saturated heterocycles. The summed E-state index contributed by atoms with van der Waals surface area (Å²) in [4.78, 5) is 25.7. The number of likely N-dealkylation sites (tertiary alicyclic amines) is 1. The van der Waals surface area contributed by atoms with Gasteiger partial charge in [-0.05, 0) is 25.0 Å². The second kappa shape index (κ2) is 7.17. The first kappa shape index (κ1) is 15.4. The number of amides is 2. The molecule has 1 heterocycles. The third-order valence-electron chi connectivity index (χ3n) is 3.50. The fourth-order valence-electron chi connectivity index (χ4n) is 2.35. The van der Waals surface area contributed by atoms with Gasteiger partial charge in [0.05, 0.1) is 5.69 Å². The Morgan fingerprint density at radius 2 is 2.10 bits per heavy atom. The molecule has 0 spiro atoms. The van der Waals surface area contributed by atoms with Gasteiger partial charge in [0, 0.05) is 31.5 Å². The highest BCUT2D eigenvalue weighted by Gasteiger charge is 2.18. The van der Waals surface area contributed by atoms with Gasteiger partial charge in [0.1, 0.15) is 4.99 Å². The maximum Gasteiger partial charge on any atom is 0.226 e. The van der Waals surface area contributed by atoms with Crippen LogP contribution in [0.2, 0.25) is 0 Å². The molecular weight excluding hydrogens is 286 g/mol. The van der Waals surface area contributed by atoms with Crippen LogP contribution in [0.25, 0.3) is 0 Å². The van der Waals surface area contributed by atoms with Gasteiger partial charge in [0.15, 0.2) is 0 Å². The molecule has 0 unspecified atom stereocenters. The summed E-state index contributed by atoms with van der Waals surface area (Å²) in [5.41, 5.74) is 6.89. The number of hydrogen-bond donors (Lipinski definition) is 2. The number of carbonyl (C=O) groups excluding carboxylic acids is 2. The molecule has 2 rings (SSSR count). The van der Waals surface area contributed by atoms with E-state index in [0.717, 1.165) is 19.4 Å². The smallest absolute Gasteiger partial charge is 0.226 e. The van der Waals surface area contributed by atoms with Gasteiger partial charge in [-0.15, -0.1) is 0 Å². The zero-order chi connectivity index (χ0) is 15.2. The summed E-state index contributed by atoms with van der Waals surface area (Å²) in [6.07, 6.45) is 2.82. The Bertz CT molecular complexity index is 560. The lowest BCUT2D eigenvalue weighted by Crippen LogP contribution is -2.37. The molecule has 0 aliphatic carbocycles.